The van der Waals surface area contributed by atoms with Crippen molar-refractivity contribution in [1.29, 1.82) is 0 Å². The fourth-order valence-electron chi connectivity index (χ4n) is 9.21. The molecule has 0 spiro atoms. The first kappa shape index (κ1) is 36.1. The Morgan fingerprint density at radius 1 is 0.246 bits per heavy atom. The summed E-state index contributed by atoms with van der Waals surface area (Å²) in [5.74, 6) is 1.89. The Balaban J connectivity index is 1.01. The van der Waals surface area contributed by atoms with Gasteiger partial charge in [0.05, 0.1) is 5.41 Å². The average Bonchev–Trinajstić information content (AvgIpc) is 3.66. The molecule has 0 radical (unpaired) electrons. The van der Waals surface area contributed by atoms with Crippen LogP contribution in [0.5, 0.6) is 0 Å². The van der Waals surface area contributed by atoms with E-state index in [0.717, 1.165) is 33.4 Å². The Morgan fingerprint density at radius 2 is 0.607 bits per heavy atom. The van der Waals surface area contributed by atoms with Crippen molar-refractivity contribution in [3.63, 3.8) is 0 Å². The van der Waals surface area contributed by atoms with E-state index in [2.05, 4.69) is 212 Å². The summed E-state index contributed by atoms with van der Waals surface area (Å²) < 4.78 is 0. The Kier molecular flexibility index (Phi) is 9.05. The average molecular weight is 778 g/mol. The molecule has 1 aliphatic carbocycles. The van der Waals surface area contributed by atoms with Crippen LogP contribution in [0.25, 0.3) is 78.7 Å². The first-order chi connectivity index (χ1) is 30.2. The molecule has 0 amide bonds. The Labute approximate surface area is 356 Å². The van der Waals surface area contributed by atoms with Crippen LogP contribution in [-0.4, -0.2) is 15.0 Å². The number of benzene rings is 9. The smallest absolute Gasteiger partial charge is 0.164 e. The molecule has 9 aromatic carbocycles. The van der Waals surface area contributed by atoms with E-state index in [1.54, 1.807) is 0 Å². The molecular formula is C58H39N3. The summed E-state index contributed by atoms with van der Waals surface area (Å²) in [4.78, 5) is 15.3. The van der Waals surface area contributed by atoms with Crippen LogP contribution in [-0.2, 0) is 5.41 Å². The second-order valence-corrected chi connectivity index (χ2v) is 15.5. The predicted octanol–water partition coefficient (Wildman–Crippen LogP) is 14.2. The maximum absolute atomic E-state index is 5.17. The zero-order chi connectivity index (χ0) is 40.6. The molecule has 1 heterocycles. The molecule has 286 valence electrons. The Morgan fingerprint density at radius 3 is 1.18 bits per heavy atom. The number of rotatable bonds is 8. The van der Waals surface area contributed by atoms with E-state index >= 15 is 0 Å². The molecule has 0 bridgehead atoms. The van der Waals surface area contributed by atoms with Gasteiger partial charge in [0.15, 0.2) is 17.5 Å². The van der Waals surface area contributed by atoms with Crippen molar-refractivity contribution < 1.29 is 0 Å². The van der Waals surface area contributed by atoms with Crippen molar-refractivity contribution in [2.24, 2.45) is 0 Å². The van der Waals surface area contributed by atoms with Gasteiger partial charge in [-0.3, -0.25) is 0 Å². The molecule has 0 fully saturated rings. The zero-order valence-electron chi connectivity index (χ0n) is 33.4. The minimum atomic E-state index is -0.475. The van der Waals surface area contributed by atoms with Crippen molar-refractivity contribution in [2.75, 3.05) is 0 Å². The Hall–Kier alpha value is -8.01. The van der Waals surface area contributed by atoms with Crippen molar-refractivity contribution in [1.82, 2.24) is 15.0 Å². The minimum absolute atomic E-state index is 0.475. The number of hydrogen-bond donors (Lipinski definition) is 0. The number of nitrogens with zero attached hydrogens (tertiary/aromatic N) is 3. The van der Waals surface area contributed by atoms with Crippen molar-refractivity contribution in [2.45, 2.75) is 5.41 Å². The first-order valence-electron chi connectivity index (χ1n) is 20.8. The molecule has 10 aromatic rings. The molecule has 3 nitrogen and oxygen atoms in total. The van der Waals surface area contributed by atoms with Crippen LogP contribution in [0.1, 0.15) is 22.3 Å². The van der Waals surface area contributed by atoms with Gasteiger partial charge in [-0.15, -0.1) is 0 Å². The standard InChI is InChI=1S/C58H39N3/c1-5-17-40(18-6-1)41-31-33-42(34-32-41)43-35-37-45(38-36-43)56-59-55(44-19-7-2-8-20-44)60-57(61-56)47-22-15-21-46(39-47)50-28-16-30-53-54(50)51-27-13-14-29-52(51)58(53,48-23-9-3-10-24-48)49-25-11-4-12-26-49/h1-39H. The van der Waals surface area contributed by atoms with Gasteiger partial charge in [-0.2, -0.15) is 0 Å². The highest BCUT2D eigenvalue weighted by Gasteiger charge is 2.46. The van der Waals surface area contributed by atoms with Crippen molar-refractivity contribution in [3.05, 3.63) is 259 Å². The highest BCUT2D eigenvalue weighted by molar-refractivity contribution is 5.96. The lowest BCUT2D eigenvalue weighted by atomic mass is 9.67. The lowest BCUT2D eigenvalue weighted by molar-refractivity contribution is 0.768. The van der Waals surface area contributed by atoms with Gasteiger partial charge in [-0.25, -0.2) is 15.0 Å². The van der Waals surface area contributed by atoms with Gasteiger partial charge in [0.2, 0.25) is 0 Å². The van der Waals surface area contributed by atoms with Crippen LogP contribution in [0.4, 0.5) is 0 Å². The largest absolute Gasteiger partial charge is 0.208 e. The maximum Gasteiger partial charge on any atom is 0.164 e. The normalized spacial score (nSPS) is 12.4. The number of aromatic nitrogens is 3. The lowest BCUT2D eigenvalue weighted by Crippen LogP contribution is -2.28. The molecular weight excluding hydrogens is 739 g/mol. The molecule has 1 aromatic heterocycles. The molecule has 3 heteroatoms. The van der Waals surface area contributed by atoms with Gasteiger partial charge in [0, 0.05) is 16.7 Å². The SMILES string of the molecule is c1ccc(-c2ccc(-c3ccc(-c4nc(-c5ccccc5)nc(-c5cccc(-c6cccc7c6-c6ccccc6C7(c6ccccc6)c6ccccc6)c5)n4)cc3)cc2)cc1. The summed E-state index contributed by atoms with van der Waals surface area (Å²) in [7, 11) is 0. The van der Waals surface area contributed by atoms with Crippen LogP contribution in [0.3, 0.4) is 0 Å². The first-order valence-corrected chi connectivity index (χ1v) is 20.8. The molecule has 0 aliphatic heterocycles. The molecule has 0 unspecified atom stereocenters. The van der Waals surface area contributed by atoms with E-state index in [0.29, 0.717) is 17.5 Å². The lowest BCUT2D eigenvalue weighted by Gasteiger charge is -2.34. The second-order valence-electron chi connectivity index (χ2n) is 15.5. The summed E-state index contributed by atoms with van der Waals surface area (Å²) in [5, 5.41) is 0. The quantitative estimate of drug-likeness (QED) is 0.154. The highest BCUT2D eigenvalue weighted by atomic mass is 15.0. The predicted molar refractivity (Wildman–Crippen MR) is 250 cm³/mol. The van der Waals surface area contributed by atoms with Gasteiger partial charge in [-0.1, -0.05) is 231 Å². The molecule has 11 rings (SSSR count). The third kappa shape index (κ3) is 6.35. The van der Waals surface area contributed by atoms with Crippen LogP contribution >= 0.6 is 0 Å². The summed E-state index contributed by atoms with van der Waals surface area (Å²) in [6, 6.07) is 84.2. The van der Waals surface area contributed by atoms with Gasteiger partial charge >= 0.3 is 0 Å². The van der Waals surface area contributed by atoms with Gasteiger partial charge < -0.3 is 0 Å². The van der Waals surface area contributed by atoms with Crippen molar-refractivity contribution >= 4 is 0 Å². The van der Waals surface area contributed by atoms with Gasteiger partial charge in [0.1, 0.15) is 0 Å². The van der Waals surface area contributed by atoms with Crippen LogP contribution in [0.15, 0.2) is 237 Å². The molecule has 0 saturated carbocycles. The molecule has 61 heavy (non-hydrogen) atoms. The van der Waals surface area contributed by atoms with E-state index in [1.807, 2.05) is 24.3 Å². The monoisotopic (exact) mass is 777 g/mol. The van der Waals surface area contributed by atoms with Gasteiger partial charge in [-0.05, 0) is 72.8 Å². The summed E-state index contributed by atoms with van der Waals surface area (Å²) in [6.07, 6.45) is 0. The minimum Gasteiger partial charge on any atom is -0.208 e. The van der Waals surface area contributed by atoms with E-state index in [9.17, 15) is 0 Å². The maximum atomic E-state index is 5.17. The molecule has 1 aliphatic rings. The summed E-state index contributed by atoms with van der Waals surface area (Å²) in [6.45, 7) is 0. The summed E-state index contributed by atoms with van der Waals surface area (Å²) in [5.41, 5.74) is 16.8. The number of fused-ring (bicyclic) bond motifs is 3. The molecule has 0 N–H and O–H groups in total. The fourth-order valence-corrected chi connectivity index (χ4v) is 9.21. The molecule has 0 atom stereocenters. The van der Waals surface area contributed by atoms with Gasteiger partial charge in [0.25, 0.3) is 0 Å². The highest BCUT2D eigenvalue weighted by Crippen LogP contribution is 2.58. The van der Waals surface area contributed by atoms with Crippen LogP contribution in [0, 0.1) is 0 Å². The van der Waals surface area contributed by atoms with E-state index in [-0.39, 0.29) is 0 Å². The summed E-state index contributed by atoms with van der Waals surface area (Å²) >= 11 is 0. The van der Waals surface area contributed by atoms with E-state index in [1.165, 1.54) is 50.1 Å². The second kappa shape index (κ2) is 15.3. The third-order valence-electron chi connectivity index (χ3n) is 12.1. The van der Waals surface area contributed by atoms with E-state index < -0.39 is 5.41 Å². The molecule has 0 saturated heterocycles. The third-order valence-corrected chi connectivity index (χ3v) is 12.1. The van der Waals surface area contributed by atoms with Crippen LogP contribution < -0.4 is 0 Å². The van der Waals surface area contributed by atoms with Crippen molar-refractivity contribution in [3.8, 4) is 78.7 Å². The van der Waals surface area contributed by atoms with E-state index in [4.69, 9.17) is 15.0 Å². The zero-order valence-corrected chi connectivity index (χ0v) is 33.4. The topological polar surface area (TPSA) is 38.7 Å². The fraction of sp³-hybridized carbons (Fsp3) is 0.0172. The Bertz CT molecular complexity index is 3100. The number of hydrogen-bond acceptors (Lipinski definition) is 3. The van der Waals surface area contributed by atoms with Crippen LogP contribution in [0.2, 0.25) is 0 Å².